The minimum absolute atomic E-state index is 0.0561. The zero-order chi connectivity index (χ0) is 15.5. The van der Waals surface area contributed by atoms with Gasteiger partial charge in [0.05, 0.1) is 0 Å². The third kappa shape index (κ3) is 3.14. The molecule has 1 aliphatic heterocycles. The zero-order valence-corrected chi connectivity index (χ0v) is 12.9. The number of hydrogen-bond donors (Lipinski definition) is 2. The lowest BCUT2D eigenvalue weighted by Gasteiger charge is -2.30. The number of nitrogens with zero attached hydrogens (tertiary/aromatic N) is 4. The highest BCUT2D eigenvalue weighted by Gasteiger charge is 2.29. The molecule has 1 aliphatic rings. The van der Waals surface area contributed by atoms with Gasteiger partial charge in [-0.2, -0.15) is 5.10 Å². The van der Waals surface area contributed by atoms with Crippen molar-refractivity contribution >= 4 is 28.3 Å². The molecule has 0 spiro atoms. The molecule has 9 heteroatoms. The number of hydrogen-bond acceptors (Lipinski definition) is 6. The van der Waals surface area contributed by atoms with Crippen LogP contribution in [0.2, 0.25) is 0 Å². The number of aromatic nitrogens is 4. The van der Waals surface area contributed by atoms with Crippen molar-refractivity contribution < 1.29 is 9.59 Å². The highest BCUT2D eigenvalue weighted by atomic mass is 32.1. The Morgan fingerprint density at radius 2 is 2.18 bits per heavy atom. The Balaban J connectivity index is 1.54. The summed E-state index contributed by atoms with van der Waals surface area (Å²) >= 11 is 1.29. The summed E-state index contributed by atoms with van der Waals surface area (Å²) in [6.45, 7) is 2.96. The van der Waals surface area contributed by atoms with Crippen LogP contribution in [0.25, 0.3) is 0 Å². The molecule has 0 saturated carbocycles. The second-order valence-electron chi connectivity index (χ2n) is 5.24. The van der Waals surface area contributed by atoms with E-state index < -0.39 is 0 Å². The number of piperidine rings is 1. The maximum absolute atomic E-state index is 12.3. The largest absolute Gasteiger partial charge is 0.337 e. The molecule has 2 aromatic rings. The molecular weight excluding hydrogens is 304 g/mol. The van der Waals surface area contributed by atoms with Gasteiger partial charge >= 0.3 is 0 Å². The summed E-state index contributed by atoms with van der Waals surface area (Å²) in [4.78, 5) is 26.1. The second kappa shape index (κ2) is 6.22. The van der Waals surface area contributed by atoms with Gasteiger partial charge in [0, 0.05) is 24.7 Å². The van der Waals surface area contributed by atoms with Crippen molar-refractivity contribution in [3.63, 3.8) is 0 Å². The van der Waals surface area contributed by atoms with E-state index >= 15 is 0 Å². The number of anilines is 1. The van der Waals surface area contributed by atoms with Gasteiger partial charge in [0.2, 0.25) is 11.0 Å². The van der Waals surface area contributed by atoms with Crippen molar-refractivity contribution in [2.24, 2.45) is 5.92 Å². The van der Waals surface area contributed by atoms with Gasteiger partial charge in [-0.25, -0.2) is 0 Å². The molecule has 0 aromatic carbocycles. The van der Waals surface area contributed by atoms with Crippen molar-refractivity contribution in [3.8, 4) is 0 Å². The quantitative estimate of drug-likeness (QED) is 0.880. The Kier molecular flexibility index (Phi) is 4.14. The van der Waals surface area contributed by atoms with E-state index in [1.807, 2.05) is 6.92 Å². The second-order valence-corrected chi connectivity index (χ2v) is 6.07. The maximum Gasteiger partial charge on any atom is 0.274 e. The average molecular weight is 320 g/mol. The first-order valence-corrected chi connectivity index (χ1v) is 7.90. The summed E-state index contributed by atoms with van der Waals surface area (Å²) in [5.41, 5.74) is 2.85. The van der Waals surface area contributed by atoms with Gasteiger partial charge in [0.15, 0.2) is 0 Å². The number of amides is 2. The Hall–Kier alpha value is -2.29. The highest BCUT2D eigenvalue weighted by Crippen LogP contribution is 2.21. The molecule has 2 amide bonds. The summed E-state index contributed by atoms with van der Waals surface area (Å²) in [7, 11) is 0. The van der Waals surface area contributed by atoms with Crippen molar-refractivity contribution in [2.45, 2.75) is 19.8 Å². The molecule has 0 radical (unpaired) electrons. The number of nitrogens with one attached hydrogen (secondary N) is 2. The van der Waals surface area contributed by atoms with E-state index in [1.54, 1.807) is 16.5 Å². The predicted molar refractivity (Wildman–Crippen MR) is 80.5 cm³/mol. The standard InChI is InChI=1S/C13H16N6O2S/c1-8-6-10(17-16-8)12(21)19-4-2-9(3-5-19)11(20)15-13-18-14-7-22-13/h6-7,9H,2-5H2,1H3,(H,16,17)(H,15,18,20). The van der Waals surface area contributed by atoms with E-state index in [9.17, 15) is 9.59 Å². The van der Waals surface area contributed by atoms with Crippen LogP contribution in [0.15, 0.2) is 11.6 Å². The van der Waals surface area contributed by atoms with Gasteiger partial charge in [-0.15, -0.1) is 10.2 Å². The van der Waals surface area contributed by atoms with E-state index in [1.165, 1.54) is 11.3 Å². The van der Waals surface area contributed by atoms with Crippen molar-refractivity contribution in [1.82, 2.24) is 25.3 Å². The number of H-pyrrole nitrogens is 1. The summed E-state index contributed by atoms with van der Waals surface area (Å²) in [5, 5.41) is 17.5. The third-order valence-electron chi connectivity index (χ3n) is 3.67. The fraction of sp³-hybridized carbons (Fsp3) is 0.462. The molecule has 0 aliphatic carbocycles. The summed E-state index contributed by atoms with van der Waals surface area (Å²) in [6, 6.07) is 1.73. The number of aromatic amines is 1. The number of aryl methyl sites for hydroxylation is 1. The number of carbonyl (C=O) groups excluding carboxylic acids is 2. The Morgan fingerprint density at radius 3 is 2.77 bits per heavy atom. The van der Waals surface area contributed by atoms with Gasteiger partial charge in [0.1, 0.15) is 11.2 Å². The van der Waals surface area contributed by atoms with Crippen LogP contribution in [0.5, 0.6) is 0 Å². The van der Waals surface area contributed by atoms with E-state index in [4.69, 9.17) is 0 Å². The van der Waals surface area contributed by atoms with Crippen LogP contribution in [0.3, 0.4) is 0 Å². The Labute approximate surface area is 130 Å². The topological polar surface area (TPSA) is 104 Å². The molecule has 2 aromatic heterocycles. The lowest BCUT2D eigenvalue weighted by atomic mass is 9.96. The molecule has 0 bridgehead atoms. The van der Waals surface area contributed by atoms with E-state index in [0.717, 1.165) is 5.69 Å². The Bertz CT molecular complexity index is 660. The summed E-state index contributed by atoms with van der Waals surface area (Å²) < 4.78 is 0. The minimum Gasteiger partial charge on any atom is -0.337 e. The van der Waals surface area contributed by atoms with Crippen LogP contribution in [0, 0.1) is 12.8 Å². The number of likely N-dealkylation sites (tertiary alicyclic amines) is 1. The molecule has 2 N–H and O–H groups in total. The first kappa shape index (κ1) is 14.6. The zero-order valence-electron chi connectivity index (χ0n) is 12.1. The molecule has 1 fully saturated rings. The van der Waals surface area contributed by atoms with E-state index in [0.29, 0.717) is 36.8 Å². The predicted octanol–water partition coefficient (Wildman–Crippen LogP) is 1.06. The molecule has 3 rings (SSSR count). The normalized spacial score (nSPS) is 15.8. The van der Waals surface area contributed by atoms with Crippen LogP contribution in [0.4, 0.5) is 5.13 Å². The molecule has 3 heterocycles. The average Bonchev–Trinajstić information content (AvgIpc) is 3.18. The molecule has 22 heavy (non-hydrogen) atoms. The first-order valence-electron chi connectivity index (χ1n) is 7.02. The van der Waals surface area contributed by atoms with E-state index in [2.05, 4.69) is 25.7 Å². The molecular formula is C13H16N6O2S. The fourth-order valence-corrected chi connectivity index (χ4v) is 2.92. The van der Waals surface area contributed by atoms with E-state index in [-0.39, 0.29) is 17.7 Å². The lowest BCUT2D eigenvalue weighted by molar-refractivity contribution is -0.121. The van der Waals surface area contributed by atoms with Gasteiger partial charge in [0.25, 0.3) is 5.91 Å². The number of rotatable bonds is 3. The van der Waals surface area contributed by atoms with Crippen LogP contribution >= 0.6 is 11.3 Å². The van der Waals surface area contributed by atoms with Crippen LogP contribution in [-0.2, 0) is 4.79 Å². The van der Waals surface area contributed by atoms with Crippen molar-refractivity contribution in [1.29, 1.82) is 0 Å². The SMILES string of the molecule is Cc1cc(C(=O)N2CCC(C(=O)Nc3nncs3)CC2)n[nH]1. The molecule has 0 atom stereocenters. The smallest absolute Gasteiger partial charge is 0.274 e. The maximum atomic E-state index is 12.3. The first-order chi connectivity index (χ1) is 10.6. The molecule has 1 saturated heterocycles. The van der Waals surface area contributed by atoms with Gasteiger partial charge in [-0.3, -0.25) is 14.7 Å². The fourth-order valence-electron chi connectivity index (χ4n) is 2.47. The van der Waals surface area contributed by atoms with Crippen LogP contribution in [0.1, 0.15) is 29.0 Å². The monoisotopic (exact) mass is 320 g/mol. The van der Waals surface area contributed by atoms with Crippen molar-refractivity contribution in [3.05, 3.63) is 23.0 Å². The Morgan fingerprint density at radius 1 is 1.41 bits per heavy atom. The summed E-state index contributed by atoms with van der Waals surface area (Å²) in [6.07, 6.45) is 1.28. The molecule has 116 valence electrons. The highest BCUT2D eigenvalue weighted by molar-refractivity contribution is 7.13. The van der Waals surface area contributed by atoms with Crippen molar-refractivity contribution in [2.75, 3.05) is 18.4 Å². The third-order valence-corrected chi connectivity index (χ3v) is 4.27. The molecule has 0 unspecified atom stereocenters. The van der Waals surface area contributed by atoms with Gasteiger partial charge < -0.3 is 10.2 Å². The van der Waals surface area contributed by atoms with Crippen LogP contribution in [-0.4, -0.2) is 50.2 Å². The lowest BCUT2D eigenvalue weighted by Crippen LogP contribution is -2.41. The van der Waals surface area contributed by atoms with Crippen LogP contribution < -0.4 is 5.32 Å². The van der Waals surface area contributed by atoms with Gasteiger partial charge in [-0.1, -0.05) is 11.3 Å². The van der Waals surface area contributed by atoms with Gasteiger partial charge in [-0.05, 0) is 25.8 Å². The molecule has 8 nitrogen and oxygen atoms in total. The number of carbonyl (C=O) groups is 2. The summed E-state index contributed by atoms with van der Waals surface area (Å²) in [5.74, 6) is -0.249. The minimum atomic E-state index is -0.103.